The molecule has 4 nitrogen and oxygen atoms in total. The summed E-state index contributed by atoms with van der Waals surface area (Å²) in [7, 11) is 0. The van der Waals surface area contributed by atoms with E-state index >= 15 is 0 Å². The van der Waals surface area contributed by atoms with Gasteiger partial charge in [-0.05, 0) is 38.6 Å². The Bertz CT molecular complexity index is 542. The number of nitrogens with one attached hydrogen (secondary N) is 1. The van der Waals surface area contributed by atoms with Gasteiger partial charge >= 0.3 is 0 Å². The van der Waals surface area contributed by atoms with Crippen LogP contribution in [0.25, 0.3) is 0 Å². The summed E-state index contributed by atoms with van der Waals surface area (Å²) in [5, 5.41) is 8.03. The summed E-state index contributed by atoms with van der Waals surface area (Å²) >= 11 is 0. The SMILES string of the molecule is CCNC(Cc1cc(C)nn1CC)c1ccc(CC)o1. The minimum atomic E-state index is 0.210. The van der Waals surface area contributed by atoms with E-state index < -0.39 is 0 Å². The van der Waals surface area contributed by atoms with E-state index in [-0.39, 0.29) is 6.04 Å². The van der Waals surface area contributed by atoms with Crippen LogP contribution in [0.15, 0.2) is 22.6 Å². The minimum Gasteiger partial charge on any atom is -0.464 e. The van der Waals surface area contributed by atoms with Gasteiger partial charge in [0.15, 0.2) is 0 Å². The number of hydrogen-bond acceptors (Lipinski definition) is 3. The molecule has 20 heavy (non-hydrogen) atoms. The van der Waals surface area contributed by atoms with Gasteiger partial charge in [0.1, 0.15) is 11.5 Å². The molecular weight excluding hydrogens is 250 g/mol. The number of hydrogen-bond donors (Lipinski definition) is 1. The van der Waals surface area contributed by atoms with Crippen LogP contribution < -0.4 is 5.32 Å². The summed E-state index contributed by atoms with van der Waals surface area (Å²) in [6, 6.07) is 6.53. The first-order valence-corrected chi connectivity index (χ1v) is 7.53. The normalized spacial score (nSPS) is 12.8. The third-order valence-electron chi connectivity index (χ3n) is 3.52. The van der Waals surface area contributed by atoms with Crippen LogP contribution in [0.1, 0.15) is 49.7 Å². The molecule has 110 valence electrons. The Hall–Kier alpha value is -1.55. The molecule has 2 aromatic heterocycles. The van der Waals surface area contributed by atoms with Crippen LogP contribution in [0, 0.1) is 6.92 Å². The predicted octanol–water partition coefficient (Wildman–Crippen LogP) is 3.26. The van der Waals surface area contributed by atoms with Crippen molar-refractivity contribution in [3.05, 3.63) is 41.1 Å². The van der Waals surface area contributed by atoms with Crippen LogP contribution in [0.3, 0.4) is 0 Å². The molecule has 0 spiro atoms. The third-order valence-corrected chi connectivity index (χ3v) is 3.52. The Kier molecular flexibility index (Phi) is 5.01. The molecule has 0 bridgehead atoms. The van der Waals surface area contributed by atoms with Gasteiger partial charge < -0.3 is 9.73 Å². The fraction of sp³-hybridized carbons (Fsp3) is 0.562. The standard InChI is InChI=1S/C16H25N3O/c1-5-14-8-9-16(20-14)15(17-6-2)11-13-10-12(4)18-19(13)7-3/h8-10,15,17H,5-7,11H2,1-4H3. The van der Waals surface area contributed by atoms with Gasteiger partial charge in [-0.3, -0.25) is 4.68 Å². The fourth-order valence-corrected chi connectivity index (χ4v) is 2.54. The van der Waals surface area contributed by atoms with E-state index in [1.165, 1.54) is 5.69 Å². The lowest BCUT2D eigenvalue weighted by Gasteiger charge is -2.16. The molecule has 1 atom stereocenters. The zero-order valence-electron chi connectivity index (χ0n) is 12.9. The summed E-state index contributed by atoms with van der Waals surface area (Å²) in [5.74, 6) is 2.06. The lowest BCUT2D eigenvalue weighted by Crippen LogP contribution is -2.23. The first-order valence-electron chi connectivity index (χ1n) is 7.53. The second kappa shape index (κ2) is 6.75. The molecule has 2 rings (SSSR count). The highest BCUT2D eigenvalue weighted by molar-refractivity contribution is 5.16. The lowest BCUT2D eigenvalue weighted by molar-refractivity contribution is 0.390. The Labute approximate surface area is 121 Å². The lowest BCUT2D eigenvalue weighted by atomic mass is 10.1. The highest BCUT2D eigenvalue weighted by Crippen LogP contribution is 2.22. The molecule has 0 aromatic carbocycles. The largest absolute Gasteiger partial charge is 0.464 e. The number of rotatable bonds is 7. The molecule has 0 saturated heterocycles. The molecule has 0 saturated carbocycles. The second-order valence-corrected chi connectivity index (χ2v) is 5.06. The van der Waals surface area contributed by atoms with E-state index in [4.69, 9.17) is 4.42 Å². The molecular formula is C16H25N3O. The van der Waals surface area contributed by atoms with Crippen LogP contribution >= 0.6 is 0 Å². The van der Waals surface area contributed by atoms with Crippen LogP contribution in [0.4, 0.5) is 0 Å². The highest BCUT2D eigenvalue weighted by atomic mass is 16.3. The maximum atomic E-state index is 5.91. The van der Waals surface area contributed by atoms with Crippen LogP contribution in [-0.2, 0) is 19.4 Å². The van der Waals surface area contributed by atoms with E-state index in [2.05, 4.69) is 54.1 Å². The van der Waals surface area contributed by atoms with Gasteiger partial charge in [-0.15, -0.1) is 0 Å². The van der Waals surface area contributed by atoms with Crippen LogP contribution in [-0.4, -0.2) is 16.3 Å². The molecule has 1 N–H and O–H groups in total. The second-order valence-electron chi connectivity index (χ2n) is 5.06. The quantitative estimate of drug-likeness (QED) is 0.843. The highest BCUT2D eigenvalue weighted by Gasteiger charge is 2.17. The summed E-state index contributed by atoms with van der Waals surface area (Å²) in [4.78, 5) is 0. The third kappa shape index (κ3) is 3.31. The Balaban J connectivity index is 2.20. The van der Waals surface area contributed by atoms with Gasteiger partial charge in [-0.1, -0.05) is 13.8 Å². The van der Waals surface area contributed by atoms with Gasteiger partial charge in [0.2, 0.25) is 0 Å². The minimum absolute atomic E-state index is 0.210. The molecule has 1 unspecified atom stereocenters. The molecule has 0 fully saturated rings. The maximum absolute atomic E-state index is 5.91. The first kappa shape index (κ1) is 14.9. The molecule has 2 heterocycles. The van der Waals surface area contributed by atoms with Crippen molar-refractivity contribution < 1.29 is 4.42 Å². The topological polar surface area (TPSA) is 43.0 Å². The first-order chi connectivity index (χ1) is 9.67. The monoisotopic (exact) mass is 275 g/mol. The molecule has 0 aliphatic carbocycles. The summed E-state index contributed by atoms with van der Waals surface area (Å²) in [5.41, 5.74) is 2.33. The Morgan fingerprint density at radius 3 is 2.70 bits per heavy atom. The zero-order chi connectivity index (χ0) is 14.5. The smallest absolute Gasteiger partial charge is 0.121 e. The van der Waals surface area contributed by atoms with Crippen molar-refractivity contribution in [2.24, 2.45) is 0 Å². The van der Waals surface area contributed by atoms with Crippen molar-refractivity contribution >= 4 is 0 Å². The van der Waals surface area contributed by atoms with E-state index in [1.807, 2.05) is 6.92 Å². The molecule has 0 radical (unpaired) electrons. The van der Waals surface area contributed by atoms with E-state index in [0.717, 1.165) is 43.1 Å². The fourth-order valence-electron chi connectivity index (χ4n) is 2.54. The van der Waals surface area contributed by atoms with Gasteiger partial charge in [-0.2, -0.15) is 5.10 Å². The van der Waals surface area contributed by atoms with E-state index in [1.54, 1.807) is 0 Å². The van der Waals surface area contributed by atoms with Crippen molar-refractivity contribution in [1.82, 2.24) is 15.1 Å². The number of aryl methyl sites for hydroxylation is 3. The van der Waals surface area contributed by atoms with Gasteiger partial charge in [0, 0.05) is 25.1 Å². The van der Waals surface area contributed by atoms with Gasteiger partial charge in [-0.25, -0.2) is 0 Å². The average Bonchev–Trinajstić information content (AvgIpc) is 3.04. The summed E-state index contributed by atoms with van der Waals surface area (Å²) in [6.07, 6.45) is 1.84. The van der Waals surface area contributed by atoms with Gasteiger partial charge in [0.25, 0.3) is 0 Å². The van der Waals surface area contributed by atoms with Crippen LogP contribution in [0.2, 0.25) is 0 Å². The van der Waals surface area contributed by atoms with Crippen molar-refractivity contribution in [3.63, 3.8) is 0 Å². The van der Waals surface area contributed by atoms with Crippen molar-refractivity contribution in [2.75, 3.05) is 6.54 Å². The predicted molar refractivity (Wildman–Crippen MR) is 80.8 cm³/mol. The van der Waals surface area contributed by atoms with Crippen molar-refractivity contribution in [3.8, 4) is 0 Å². The van der Waals surface area contributed by atoms with E-state index in [0.29, 0.717) is 0 Å². The molecule has 4 heteroatoms. The number of likely N-dealkylation sites (N-methyl/N-ethyl adjacent to an activating group) is 1. The zero-order valence-corrected chi connectivity index (χ0v) is 12.9. The molecule has 0 amide bonds. The van der Waals surface area contributed by atoms with Crippen molar-refractivity contribution in [1.29, 1.82) is 0 Å². The van der Waals surface area contributed by atoms with Crippen LogP contribution in [0.5, 0.6) is 0 Å². The molecule has 0 aliphatic heterocycles. The Morgan fingerprint density at radius 2 is 2.10 bits per heavy atom. The Morgan fingerprint density at radius 1 is 1.30 bits per heavy atom. The molecule has 0 aliphatic rings. The number of nitrogens with zero attached hydrogens (tertiary/aromatic N) is 2. The van der Waals surface area contributed by atoms with Crippen molar-refractivity contribution in [2.45, 2.75) is 53.1 Å². The summed E-state index contributed by atoms with van der Waals surface area (Å²) < 4.78 is 7.98. The number of aromatic nitrogens is 2. The maximum Gasteiger partial charge on any atom is 0.121 e. The van der Waals surface area contributed by atoms with Gasteiger partial charge in [0.05, 0.1) is 11.7 Å². The number of furan rings is 1. The molecule has 2 aromatic rings. The van der Waals surface area contributed by atoms with E-state index in [9.17, 15) is 0 Å². The summed E-state index contributed by atoms with van der Waals surface area (Å²) in [6.45, 7) is 10.2. The average molecular weight is 275 g/mol.